The van der Waals surface area contributed by atoms with Crippen LogP contribution in [0.1, 0.15) is 64.2 Å². The van der Waals surface area contributed by atoms with E-state index >= 15 is 0 Å². The topological polar surface area (TPSA) is 26.0 Å². The highest BCUT2D eigenvalue weighted by Crippen LogP contribution is 2.58. The van der Waals surface area contributed by atoms with Crippen LogP contribution in [-0.2, 0) is 0 Å². The van der Waals surface area contributed by atoms with E-state index in [2.05, 4.69) is 0 Å². The van der Waals surface area contributed by atoms with Gasteiger partial charge in [-0.3, -0.25) is 0 Å². The third kappa shape index (κ3) is 1.77. The summed E-state index contributed by atoms with van der Waals surface area (Å²) in [6.07, 6.45) is 14.7. The Labute approximate surface area is 106 Å². The summed E-state index contributed by atoms with van der Waals surface area (Å²) in [6, 6.07) is 0. The van der Waals surface area contributed by atoms with Crippen LogP contribution >= 0.6 is 0 Å². The predicted octanol–water partition coefficient (Wildman–Crippen LogP) is 3.72. The first-order valence-corrected chi connectivity index (χ1v) is 8.01. The largest absolute Gasteiger partial charge is 0.325 e. The zero-order chi connectivity index (χ0) is 11.5. The summed E-state index contributed by atoms with van der Waals surface area (Å²) in [5.41, 5.74) is 6.68. The highest BCUT2D eigenvalue weighted by Gasteiger charge is 2.48. The highest BCUT2D eigenvalue weighted by molar-refractivity contribution is 5.00. The Morgan fingerprint density at radius 1 is 0.882 bits per heavy atom. The molecule has 2 N–H and O–H groups in total. The first-order valence-electron chi connectivity index (χ1n) is 8.01. The molecular formula is C16H27N. The van der Waals surface area contributed by atoms with Crippen molar-refractivity contribution in [3.8, 4) is 0 Å². The first kappa shape index (κ1) is 10.8. The maximum Gasteiger partial charge on any atom is 0.0154 e. The van der Waals surface area contributed by atoms with E-state index in [1.807, 2.05) is 0 Å². The second kappa shape index (κ2) is 3.73. The van der Waals surface area contributed by atoms with Crippen molar-refractivity contribution in [1.29, 1.82) is 0 Å². The lowest BCUT2D eigenvalue weighted by Crippen LogP contribution is -2.49. The van der Waals surface area contributed by atoms with E-state index in [0.717, 1.165) is 29.6 Å². The van der Waals surface area contributed by atoms with Crippen LogP contribution in [0.4, 0.5) is 0 Å². The molecule has 0 radical (unpaired) electrons. The molecule has 96 valence electrons. The normalized spacial score (nSPS) is 50.3. The van der Waals surface area contributed by atoms with E-state index in [4.69, 9.17) is 5.73 Å². The van der Waals surface area contributed by atoms with Crippen molar-refractivity contribution >= 4 is 0 Å². The van der Waals surface area contributed by atoms with Crippen molar-refractivity contribution in [2.45, 2.75) is 69.7 Å². The summed E-state index contributed by atoms with van der Waals surface area (Å²) >= 11 is 0. The van der Waals surface area contributed by atoms with Gasteiger partial charge in [-0.2, -0.15) is 0 Å². The van der Waals surface area contributed by atoms with Gasteiger partial charge >= 0.3 is 0 Å². The molecule has 5 saturated carbocycles. The fourth-order valence-electron chi connectivity index (χ4n) is 5.84. The van der Waals surface area contributed by atoms with Crippen LogP contribution in [0, 0.1) is 29.6 Å². The van der Waals surface area contributed by atoms with Gasteiger partial charge in [0.25, 0.3) is 0 Å². The van der Waals surface area contributed by atoms with Gasteiger partial charge in [-0.05, 0) is 93.8 Å². The van der Waals surface area contributed by atoms with E-state index in [-0.39, 0.29) is 5.54 Å². The van der Waals surface area contributed by atoms with Crippen molar-refractivity contribution in [3.05, 3.63) is 0 Å². The lowest BCUT2D eigenvalue weighted by molar-refractivity contribution is -0.0436. The molecule has 5 aliphatic carbocycles. The predicted molar refractivity (Wildman–Crippen MR) is 70.5 cm³/mol. The molecule has 17 heavy (non-hydrogen) atoms. The molecule has 5 aliphatic rings. The van der Waals surface area contributed by atoms with Crippen LogP contribution in [-0.4, -0.2) is 5.54 Å². The Kier molecular flexibility index (Phi) is 2.38. The molecule has 0 spiro atoms. The molecule has 0 unspecified atom stereocenters. The number of hydrogen-bond acceptors (Lipinski definition) is 1. The zero-order valence-corrected chi connectivity index (χ0v) is 11.0. The van der Waals surface area contributed by atoms with Gasteiger partial charge in [0.15, 0.2) is 0 Å². The van der Waals surface area contributed by atoms with Crippen LogP contribution in [0.2, 0.25) is 0 Å². The highest BCUT2D eigenvalue weighted by atomic mass is 14.8. The molecule has 1 heteroatoms. The summed E-state index contributed by atoms with van der Waals surface area (Å²) < 4.78 is 0. The summed E-state index contributed by atoms with van der Waals surface area (Å²) in [6.45, 7) is 0. The third-order valence-corrected chi connectivity index (χ3v) is 6.75. The van der Waals surface area contributed by atoms with E-state index in [0.29, 0.717) is 0 Å². The maximum atomic E-state index is 6.41. The van der Waals surface area contributed by atoms with Crippen LogP contribution in [0.5, 0.6) is 0 Å². The van der Waals surface area contributed by atoms with E-state index in [1.54, 1.807) is 32.1 Å². The molecule has 1 nitrogen and oxygen atoms in total. The minimum atomic E-state index is 0.272. The smallest absolute Gasteiger partial charge is 0.0154 e. The molecule has 4 bridgehead atoms. The van der Waals surface area contributed by atoms with E-state index < -0.39 is 0 Å². The second-order valence-electron chi connectivity index (χ2n) is 7.85. The molecule has 0 heterocycles. The molecule has 0 atom stereocenters. The van der Waals surface area contributed by atoms with Gasteiger partial charge in [0.05, 0.1) is 0 Å². The molecule has 0 aromatic carbocycles. The quantitative estimate of drug-likeness (QED) is 0.790. The molecular weight excluding hydrogens is 206 g/mol. The van der Waals surface area contributed by atoms with Gasteiger partial charge in [-0.25, -0.2) is 0 Å². The van der Waals surface area contributed by atoms with E-state index in [9.17, 15) is 0 Å². The van der Waals surface area contributed by atoms with Gasteiger partial charge in [0, 0.05) is 5.54 Å². The van der Waals surface area contributed by atoms with Gasteiger partial charge in [0.2, 0.25) is 0 Å². The van der Waals surface area contributed by atoms with E-state index in [1.165, 1.54) is 32.1 Å². The molecule has 0 amide bonds. The maximum absolute atomic E-state index is 6.41. The van der Waals surface area contributed by atoms with Crippen LogP contribution in [0.25, 0.3) is 0 Å². The van der Waals surface area contributed by atoms with Crippen molar-refractivity contribution in [2.75, 3.05) is 0 Å². The second-order valence-corrected chi connectivity index (χ2v) is 7.85. The summed E-state index contributed by atoms with van der Waals surface area (Å²) in [5, 5.41) is 0. The Morgan fingerprint density at radius 3 is 1.94 bits per heavy atom. The SMILES string of the molecule is NC1(CCC2C3CC4CC(C3)CC2C4)CCC1. The molecule has 0 aromatic heterocycles. The van der Waals surface area contributed by atoms with Crippen molar-refractivity contribution in [2.24, 2.45) is 35.3 Å². The van der Waals surface area contributed by atoms with Gasteiger partial charge in [-0.1, -0.05) is 0 Å². The summed E-state index contributed by atoms with van der Waals surface area (Å²) in [5.74, 6) is 5.54. The molecule has 5 rings (SSSR count). The minimum absolute atomic E-state index is 0.272. The minimum Gasteiger partial charge on any atom is -0.325 e. The monoisotopic (exact) mass is 233 g/mol. The number of hydrogen-bond donors (Lipinski definition) is 1. The molecule has 0 aliphatic heterocycles. The Morgan fingerprint density at radius 2 is 1.47 bits per heavy atom. The Balaban J connectivity index is 1.41. The molecule has 5 fully saturated rings. The fraction of sp³-hybridized carbons (Fsp3) is 1.00. The molecule has 0 aromatic rings. The van der Waals surface area contributed by atoms with Gasteiger partial charge in [0.1, 0.15) is 0 Å². The van der Waals surface area contributed by atoms with Crippen LogP contribution < -0.4 is 5.73 Å². The lowest BCUT2D eigenvalue weighted by atomic mass is 9.51. The van der Waals surface area contributed by atoms with Crippen LogP contribution in [0.15, 0.2) is 0 Å². The first-order chi connectivity index (χ1) is 8.22. The lowest BCUT2D eigenvalue weighted by Gasteiger charge is -2.55. The van der Waals surface area contributed by atoms with Gasteiger partial charge < -0.3 is 5.73 Å². The Bertz CT molecular complexity index is 277. The number of rotatable bonds is 3. The standard InChI is InChI=1S/C16H27N/c17-16(3-1-4-16)5-2-15-13-7-11-6-12(9-13)10-14(15)8-11/h11-15H,1-10,17H2. The zero-order valence-electron chi connectivity index (χ0n) is 11.0. The fourth-order valence-corrected chi connectivity index (χ4v) is 5.84. The molecule has 0 saturated heterocycles. The third-order valence-electron chi connectivity index (χ3n) is 6.75. The summed E-state index contributed by atoms with van der Waals surface area (Å²) in [4.78, 5) is 0. The van der Waals surface area contributed by atoms with Gasteiger partial charge in [-0.15, -0.1) is 0 Å². The van der Waals surface area contributed by atoms with Crippen LogP contribution in [0.3, 0.4) is 0 Å². The van der Waals surface area contributed by atoms with Crippen molar-refractivity contribution in [3.63, 3.8) is 0 Å². The number of nitrogens with two attached hydrogens (primary N) is 1. The van der Waals surface area contributed by atoms with Crippen molar-refractivity contribution < 1.29 is 0 Å². The van der Waals surface area contributed by atoms with Crippen molar-refractivity contribution in [1.82, 2.24) is 0 Å². The Hall–Kier alpha value is -0.0400. The average molecular weight is 233 g/mol. The summed E-state index contributed by atoms with van der Waals surface area (Å²) in [7, 11) is 0. The average Bonchev–Trinajstić information content (AvgIpc) is 2.24.